The lowest BCUT2D eigenvalue weighted by molar-refractivity contribution is -0.127. The van der Waals surface area contributed by atoms with E-state index in [4.69, 9.17) is 5.11 Å². The van der Waals surface area contributed by atoms with E-state index in [0.717, 1.165) is 6.07 Å². The number of carbonyl (C=O) groups is 2. The molecule has 1 N–H and O–H groups in total. The molecule has 1 amide bonds. The van der Waals surface area contributed by atoms with Crippen molar-refractivity contribution in [1.82, 2.24) is 9.88 Å². The van der Waals surface area contributed by atoms with Crippen LogP contribution < -0.4 is 4.90 Å². The molecule has 0 bridgehead atoms. The Bertz CT molecular complexity index is 477. The minimum atomic E-state index is -1.37. The molecule has 1 rings (SSSR count). The third-order valence-electron chi connectivity index (χ3n) is 2.33. The molecule has 0 aliphatic heterocycles. The van der Waals surface area contributed by atoms with E-state index in [2.05, 4.69) is 4.98 Å². The number of carboxylic acids is 1. The van der Waals surface area contributed by atoms with E-state index in [9.17, 15) is 14.0 Å². The highest BCUT2D eigenvalue weighted by Gasteiger charge is 2.19. The quantitative estimate of drug-likeness (QED) is 0.845. The molecule has 0 radical (unpaired) electrons. The molecule has 0 aliphatic rings. The van der Waals surface area contributed by atoms with Gasteiger partial charge in [0.2, 0.25) is 5.91 Å². The van der Waals surface area contributed by atoms with Gasteiger partial charge >= 0.3 is 5.97 Å². The summed E-state index contributed by atoms with van der Waals surface area (Å²) in [6.45, 7) is -0.0833. The summed E-state index contributed by atoms with van der Waals surface area (Å²) in [4.78, 5) is 28.6. The molecule has 0 atom stereocenters. The average Bonchev–Trinajstić information content (AvgIpc) is 2.28. The Morgan fingerprint density at radius 3 is 2.50 bits per heavy atom. The summed E-state index contributed by atoms with van der Waals surface area (Å²) >= 11 is 0. The maximum absolute atomic E-state index is 13.8. The van der Waals surface area contributed by atoms with Crippen LogP contribution in [0.2, 0.25) is 0 Å². The molecule has 1 aromatic rings. The van der Waals surface area contributed by atoms with Gasteiger partial charge in [0.25, 0.3) is 0 Å². The molecule has 0 spiro atoms. The van der Waals surface area contributed by atoms with Crippen LogP contribution in [0.25, 0.3) is 0 Å². The highest BCUT2D eigenvalue weighted by Crippen LogP contribution is 2.18. The molecular formula is C11H14FN3O3. The number of nitrogens with zero attached hydrogens (tertiary/aromatic N) is 3. The van der Waals surface area contributed by atoms with E-state index in [1.54, 1.807) is 14.1 Å². The Morgan fingerprint density at radius 2 is 2.00 bits per heavy atom. The van der Waals surface area contributed by atoms with Gasteiger partial charge in [0.1, 0.15) is 5.56 Å². The first-order valence-electron chi connectivity index (χ1n) is 5.13. The van der Waals surface area contributed by atoms with Gasteiger partial charge in [0.05, 0.1) is 6.54 Å². The van der Waals surface area contributed by atoms with Gasteiger partial charge in [-0.1, -0.05) is 0 Å². The lowest BCUT2D eigenvalue weighted by Crippen LogP contribution is -2.35. The Morgan fingerprint density at radius 1 is 1.39 bits per heavy atom. The summed E-state index contributed by atoms with van der Waals surface area (Å²) in [5.74, 6) is -2.72. The van der Waals surface area contributed by atoms with Gasteiger partial charge in [-0.3, -0.25) is 4.79 Å². The van der Waals surface area contributed by atoms with Gasteiger partial charge in [0.15, 0.2) is 11.6 Å². The number of anilines is 1. The van der Waals surface area contributed by atoms with Gasteiger partial charge in [0, 0.05) is 27.3 Å². The number of amides is 1. The second kappa shape index (κ2) is 5.44. The summed E-state index contributed by atoms with van der Waals surface area (Å²) in [7, 11) is 4.62. The molecule has 0 unspecified atom stereocenters. The van der Waals surface area contributed by atoms with E-state index in [1.807, 2.05) is 0 Å². The fraction of sp³-hybridized carbons (Fsp3) is 0.364. The molecule has 1 heterocycles. The van der Waals surface area contributed by atoms with E-state index < -0.39 is 17.3 Å². The van der Waals surface area contributed by atoms with Crippen LogP contribution in [0, 0.1) is 5.82 Å². The number of halogens is 1. The number of likely N-dealkylation sites (N-methyl/N-ethyl adjacent to an activating group) is 2. The van der Waals surface area contributed by atoms with E-state index in [0.29, 0.717) is 0 Å². The zero-order valence-electron chi connectivity index (χ0n) is 10.3. The normalized spacial score (nSPS) is 10.0. The lowest BCUT2D eigenvalue weighted by Gasteiger charge is -2.20. The molecule has 0 saturated heterocycles. The van der Waals surface area contributed by atoms with Crippen molar-refractivity contribution in [2.45, 2.75) is 0 Å². The zero-order valence-corrected chi connectivity index (χ0v) is 10.3. The Hall–Kier alpha value is -2.18. The van der Waals surface area contributed by atoms with Crippen molar-refractivity contribution >= 4 is 17.7 Å². The van der Waals surface area contributed by atoms with E-state index in [-0.39, 0.29) is 18.3 Å². The van der Waals surface area contributed by atoms with E-state index >= 15 is 0 Å². The molecule has 18 heavy (non-hydrogen) atoms. The van der Waals surface area contributed by atoms with Crippen LogP contribution in [0.4, 0.5) is 10.2 Å². The predicted octanol–water partition coefficient (Wildman–Crippen LogP) is 0.443. The Kier molecular flexibility index (Phi) is 4.19. The molecule has 0 aliphatic carbocycles. The van der Waals surface area contributed by atoms with Gasteiger partial charge in [-0.25, -0.2) is 14.2 Å². The Labute approximate surface area is 104 Å². The van der Waals surface area contributed by atoms with Crippen LogP contribution in [0.15, 0.2) is 12.3 Å². The molecule has 7 heteroatoms. The van der Waals surface area contributed by atoms with Gasteiger partial charge in [-0.2, -0.15) is 0 Å². The van der Waals surface area contributed by atoms with E-state index in [1.165, 1.54) is 23.0 Å². The van der Waals surface area contributed by atoms with Gasteiger partial charge < -0.3 is 14.9 Å². The summed E-state index contributed by atoms with van der Waals surface area (Å²) in [5.41, 5.74) is -0.468. The predicted molar refractivity (Wildman–Crippen MR) is 63.1 cm³/mol. The molecule has 1 aromatic heterocycles. The van der Waals surface area contributed by atoms with Crippen molar-refractivity contribution in [3.05, 3.63) is 23.6 Å². The van der Waals surface area contributed by atoms with Crippen LogP contribution in [0.3, 0.4) is 0 Å². The smallest absolute Gasteiger partial charge is 0.338 e. The van der Waals surface area contributed by atoms with Crippen molar-refractivity contribution in [3.8, 4) is 0 Å². The third kappa shape index (κ3) is 2.93. The maximum Gasteiger partial charge on any atom is 0.338 e. The van der Waals surface area contributed by atoms with Crippen LogP contribution in [-0.4, -0.2) is 54.6 Å². The van der Waals surface area contributed by atoms with Crippen LogP contribution >= 0.6 is 0 Å². The zero-order chi connectivity index (χ0) is 13.9. The molecule has 0 aromatic carbocycles. The minimum Gasteiger partial charge on any atom is -0.478 e. The summed E-state index contributed by atoms with van der Waals surface area (Å²) in [6.07, 6.45) is 1.19. The maximum atomic E-state index is 13.8. The van der Waals surface area contributed by atoms with Crippen molar-refractivity contribution in [3.63, 3.8) is 0 Å². The van der Waals surface area contributed by atoms with Crippen molar-refractivity contribution in [2.24, 2.45) is 0 Å². The topological polar surface area (TPSA) is 73.7 Å². The number of hydrogen-bond acceptors (Lipinski definition) is 4. The molecule has 6 nitrogen and oxygen atoms in total. The number of rotatable bonds is 4. The largest absolute Gasteiger partial charge is 0.478 e. The summed E-state index contributed by atoms with van der Waals surface area (Å²) in [5, 5.41) is 8.78. The number of pyridine rings is 1. The van der Waals surface area contributed by atoms with Crippen molar-refractivity contribution in [2.75, 3.05) is 32.6 Å². The summed E-state index contributed by atoms with van der Waals surface area (Å²) < 4.78 is 13.8. The SMILES string of the molecule is CN(C)C(=O)CN(C)c1nccc(C(=O)O)c1F. The second-order valence-corrected chi connectivity index (χ2v) is 3.95. The number of hydrogen-bond donors (Lipinski definition) is 1. The van der Waals surface area contributed by atoms with Gasteiger partial charge in [-0.15, -0.1) is 0 Å². The molecule has 98 valence electrons. The fourth-order valence-corrected chi connectivity index (χ4v) is 1.28. The molecule has 0 saturated carbocycles. The Balaban J connectivity index is 3.00. The first-order valence-corrected chi connectivity index (χ1v) is 5.13. The van der Waals surface area contributed by atoms with Crippen molar-refractivity contribution in [1.29, 1.82) is 0 Å². The fourth-order valence-electron chi connectivity index (χ4n) is 1.28. The van der Waals surface area contributed by atoms with Crippen LogP contribution in [0.5, 0.6) is 0 Å². The number of carbonyl (C=O) groups excluding carboxylic acids is 1. The average molecular weight is 255 g/mol. The summed E-state index contributed by atoms with van der Waals surface area (Å²) in [6, 6.07) is 1.07. The molecule has 0 fully saturated rings. The second-order valence-electron chi connectivity index (χ2n) is 3.95. The number of carboxylic acid groups (broad SMARTS) is 1. The number of aromatic carboxylic acids is 1. The highest BCUT2D eigenvalue weighted by atomic mass is 19.1. The minimum absolute atomic E-state index is 0.0833. The first-order chi connectivity index (χ1) is 8.34. The van der Waals surface area contributed by atoms with Crippen LogP contribution in [0.1, 0.15) is 10.4 Å². The molecular weight excluding hydrogens is 241 g/mol. The van der Waals surface area contributed by atoms with Gasteiger partial charge in [-0.05, 0) is 6.07 Å². The standard InChI is InChI=1S/C11H14FN3O3/c1-14(2)8(16)6-15(3)10-9(12)7(11(17)18)4-5-13-10/h4-5H,6H2,1-3H3,(H,17,18). The van der Waals surface area contributed by atoms with Crippen LogP contribution in [-0.2, 0) is 4.79 Å². The lowest BCUT2D eigenvalue weighted by atomic mass is 10.2. The number of aromatic nitrogens is 1. The highest BCUT2D eigenvalue weighted by molar-refractivity contribution is 5.89. The third-order valence-corrected chi connectivity index (χ3v) is 2.33. The monoisotopic (exact) mass is 255 g/mol. The van der Waals surface area contributed by atoms with Crippen molar-refractivity contribution < 1.29 is 19.1 Å². The first kappa shape index (κ1) is 13.9.